The first kappa shape index (κ1) is 11.1. The van der Waals surface area contributed by atoms with E-state index in [-0.39, 0.29) is 0 Å². The van der Waals surface area contributed by atoms with Gasteiger partial charge in [0.15, 0.2) is 8.40 Å². The van der Waals surface area contributed by atoms with Gasteiger partial charge in [0.05, 0.1) is 0 Å². The van der Waals surface area contributed by atoms with E-state index in [2.05, 4.69) is 57.2 Å². The highest BCUT2D eigenvalue weighted by atomic mass is 28.3. The van der Waals surface area contributed by atoms with Gasteiger partial charge in [0, 0.05) is 0 Å². The van der Waals surface area contributed by atoms with E-state index in [4.69, 9.17) is 0 Å². The Morgan fingerprint density at radius 2 is 1.36 bits per heavy atom. The van der Waals surface area contributed by atoms with Crippen LogP contribution in [0.15, 0.2) is 0 Å². The van der Waals surface area contributed by atoms with Gasteiger partial charge in [-0.2, -0.15) is 0 Å². The van der Waals surface area contributed by atoms with E-state index >= 15 is 0 Å². The Morgan fingerprint density at radius 3 is 1.45 bits per heavy atom. The molecule has 0 aliphatic rings. The third kappa shape index (κ3) is 2.58. The minimum Gasteiger partial charge on any atom is -0.317 e. The predicted molar refractivity (Wildman–Crippen MR) is 54.1 cm³/mol. The lowest BCUT2D eigenvalue weighted by molar-refractivity contribution is 0.374. The minimum atomic E-state index is -1.28. The minimum absolute atomic E-state index is 0.652. The zero-order valence-corrected chi connectivity index (χ0v) is 9.97. The van der Waals surface area contributed by atoms with Crippen molar-refractivity contribution in [2.24, 2.45) is 0 Å². The van der Waals surface area contributed by atoms with Crippen molar-refractivity contribution in [3.63, 3.8) is 0 Å². The van der Waals surface area contributed by atoms with E-state index in [1.54, 1.807) is 0 Å². The van der Waals surface area contributed by atoms with Crippen LogP contribution in [0.1, 0.15) is 13.8 Å². The molecule has 0 spiro atoms. The summed E-state index contributed by atoms with van der Waals surface area (Å²) in [6.45, 7) is 9.23. The Balaban J connectivity index is 4.29. The second-order valence-electron chi connectivity index (χ2n) is 4.09. The maximum atomic E-state index is 2.49. The lowest BCUT2D eigenvalue weighted by Gasteiger charge is -2.41. The van der Waals surface area contributed by atoms with Gasteiger partial charge >= 0.3 is 0 Å². The van der Waals surface area contributed by atoms with Crippen molar-refractivity contribution in [1.29, 1.82) is 0 Å². The monoisotopic (exact) mass is 174 g/mol. The zero-order valence-electron chi connectivity index (χ0n) is 8.97. The SMILES string of the molecule is CC(C)N(C)[Si](C)(C)N(C)C. The predicted octanol–water partition coefficient (Wildman–Crippen LogP) is 1.59. The summed E-state index contributed by atoms with van der Waals surface area (Å²) in [5.41, 5.74) is 0. The highest BCUT2D eigenvalue weighted by molar-refractivity contribution is 6.71. The van der Waals surface area contributed by atoms with E-state index in [9.17, 15) is 0 Å². The molecule has 0 aliphatic heterocycles. The van der Waals surface area contributed by atoms with Gasteiger partial charge in [-0.3, -0.25) is 0 Å². The maximum Gasteiger partial charge on any atom is 0.199 e. The third-order valence-corrected chi connectivity index (χ3v) is 7.16. The second-order valence-corrected chi connectivity index (χ2v) is 8.68. The first-order valence-corrected chi connectivity index (χ1v) is 7.10. The Kier molecular flexibility index (Phi) is 3.74. The molecule has 0 aliphatic carbocycles. The van der Waals surface area contributed by atoms with E-state index in [0.717, 1.165) is 0 Å². The van der Waals surface area contributed by atoms with Crippen molar-refractivity contribution in [2.45, 2.75) is 33.0 Å². The van der Waals surface area contributed by atoms with E-state index in [0.29, 0.717) is 6.04 Å². The van der Waals surface area contributed by atoms with E-state index in [1.165, 1.54) is 0 Å². The van der Waals surface area contributed by atoms with Gasteiger partial charge in [0.25, 0.3) is 0 Å². The summed E-state index contributed by atoms with van der Waals surface area (Å²) in [4.78, 5) is 0. The molecule has 11 heavy (non-hydrogen) atoms. The molecule has 0 radical (unpaired) electrons. The van der Waals surface area contributed by atoms with Gasteiger partial charge in [-0.1, -0.05) is 13.8 Å². The summed E-state index contributed by atoms with van der Waals surface area (Å²) in [5.74, 6) is 0. The average Bonchev–Trinajstić information content (AvgIpc) is 1.85. The summed E-state index contributed by atoms with van der Waals surface area (Å²) in [6, 6.07) is 0.652. The molecule has 0 fully saturated rings. The molecule has 0 aromatic carbocycles. The molecule has 0 aromatic heterocycles. The zero-order chi connectivity index (χ0) is 9.23. The van der Waals surface area contributed by atoms with Crippen molar-refractivity contribution in [2.75, 3.05) is 21.1 Å². The number of hydrogen-bond donors (Lipinski definition) is 0. The quantitative estimate of drug-likeness (QED) is 0.600. The molecule has 0 amide bonds. The van der Waals surface area contributed by atoms with Crippen molar-refractivity contribution >= 4 is 8.40 Å². The summed E-state index contributed by atoms with van der Waals surface area (Å²) >= 11 is 0. The van der Waals surface area contributed by atoms with Crippen molar-refractivity contribution in [3.05, 3.63) is 0 Å². The van der Waals surface area contributed by atoms with Crippen LogP contribution in [0.2, 0.25) is 13.1 Å². The molecule has 0 saturated heterocycles. The highest BCUT2D eigenvalue weighted by Crippen LogP contribution is 2.12. The molecule has 0 atom stereocenters. The van der Waals surface area contributed by atoms with Gasteiger partial charge < -0.3 is 9.13 Å². The normalized spacial score (nSPS) is 13.6. The molecule has 0 bridgehead atoms. The standard InChI is InChI=1S/C8H22N2Si/c1-8(2)10(5)11(6,7)9(3)4/h8H,1-7H3. The van der Waals surface area contributed by atoms with Crippen LogP contribution in [0.3, 0.4) is 0 Å². The van der Waals surface area contributed by atoms with Crippen LogP contribution in [0, 0.1) is 0 Å². The molecule has 68 valence electrons. The van der Waals surface area contributed by atoms with Crippen LogP contribution in [0.5, 0.6) is 0 Å². The Labute approximate surface area is 72.4 Å². The summed E-state index contributed by atoms with van der Waals surface area (Å²) < 4.78 is 4.86. The summed E-state index contributed by atoms with van der Waals surface area (Å²) in [5, 5.41) is 0. The Hall–Kier alpha value is 0.137. The molecular weight excluding hydrogens is 152 g/mol. The van der Waals surface area contributed by atoms with Crippen molar-refractivity contribution in [3.8, 4) is 0 Å². The van der Waals surface area contributed by atoms with Crippen molar-refractivity contribution in [1.82, 2.24) is 9.13 Å². The molecule has 2 nitrogen and oxygen atoms in total. The number of hydrogen-bond acceptors (Lipinski definition) is 2. The average molecular weight is 174 g/mol. The van der Waals surface area contributed by atoms with Crippen LogP contribution in [-0.4, -0.2) is 44.7 Å². The third-order valence-electron chi connectivity index (χ3n) is 2.73. The smallest absolute Gasteiger partial charge is 0.199 e. The lowest BCUT2D eigenvalue weighted by atomic mass is 10.4. The maximum absolute atomic E-state index is 2.49. The fourth-order valence-electron chi connectivity index (χ4n) is 0.947. The number of nitrogens with zero attached hydrogens (tertiary/aromatic N) is 2. The number of rotatable bonds is 3. The van der Waals surface area contributed by atoms with Crippen molar-refractivity contribution < 1.29 is 0 Å². The van der Waals surface area contributed by atoms with Crippen LogP contribution >= 0.6 is 0 Å². The highest BCUT2D eigenvalue weighted by Gasteiger charge is 2.30. The van der Waals surface area contributed by atoms with Gasteiger partial charge in [-0.05, 0) is 40.3 Å². The fourth-order valence-corrected chi connectivity index (χ4v) is 2.84. The second kappa shape index (κ2) is 3.69. The summed E-state index contributed by atoms with van der Waals surface area (Å²) in [7, 11) is 5.28. The summed E-state index contributed by atoms with van der Waals surface area (Å²) in [6.07, 6.45) is 0. The molecule has 0 saturated carbocycles. The van der Waals surface area contributed by atoms with E-state index in [1.807, 2.05) is 0 Å². The Morgan fingerprint density at radius 1 is 1.00 bits per heavy atom. The molecular formula is C8H22N2Si. The van der Waals surface area contributed by atoms with Crippen LogP contribution in [0.25, 0.3) is 0 Å². The first-order chi connectivity index (χ1) is 4.80. The fraction of sp³-hybridized carbons (Fsp3) is 1.00. The first-order valence-electron chi connectivity index (χ1n) is 4.20. The van der Waals surface area contributed by atoms with E-state index < -0.39 is 8.40 Å². The molecule has 0 unspecified atom stereocenters. The van der Waals surface area contributed by atoms with Gasteiger partial charge in [0.2, 0.25) is 0 Å². The largest absolute Gasteiger partial charge is 0.317 e. The van der Waals surface area contributed by atoms with Crippen LogP contribution < -0.4 is 0 Å². The van der Waals surface area contributed by atoms with Gasteiger partial charge in [-0.25, -0.2) is 0 Å². The Bertz CT molecular complexity index is 121. The van der Waals surface area contributed by atoms with Crippen LogP contribution in [0.4, 0.5) is 0 Å². The molecule has 0 heterocycles. The lowest BCUT2D eigenvalue weighted by Crippen LogP contribution is -2.59. The topological polar surface area (TPSA) is 6.48 Å². The molecule has 3 heteroatoms. The molecule has 0 rings (SSSR count). The molecule has 0 aromatic rings. The molecule has 0 N–H and O–H groups in total. The van der Waals surface area contributed by atoms with Crippen LogP contribution in [-0.2, 0) is 0 Å². The van der Waals surface area contributed by atoms with Gasteiger partial charge in [-0.15, -0.1) is 0 Å². The van der Waals surface area contributed by atoms with Gasteiger partial charge in [0.1, 0.15) is 0 Å².